The van der Waals surface area contributed by atoms with E-state index >= 15 is 0 Å². The molecule has 0 aliphatic carbocycles. The van der Waals surface area contributed by atoms with Crippen molar-refractivity contribution in [2.45, 2.75) is 37.4 Å². The zero-order chi connectivity index (χ0) is 15.9. The van der Waals surface area contributed by atoms with Gasteiger partial charge in [-0.25, -0.2) is 15.0 Å². The number of nitrogens with two attached hydrogens (primary N) is 1. The third-order valence-electron chi connectivity index (χ3n) is 3.64. The predicted molar refractivity (Wildman–Crippen MR) is 72.5 cm³/mol. The topological polar surface area (TPSA) is 157 Å². The fraction of sp³-hybridized carbons (Fsp3) is 0.500. The van der Waals surface area contributed by atoms with Gasteiger partial charge in [0.25, 0.3) is 0 Å². The quantitative estimate of drug-likeness (QED) is 0.549. The molecule has 1 aliphatic rings. The number of aliphatic carboxylic acids is 1. The summed E-state index contributed by atoms with van der Waals surface area (Å²) < 4.78 is 7.03. The van der Waals surface area contributed by atoms with Crippen LogP contribution in [0.25, 0.3) is 11.2 Å². The molecule has 1 saturated heterocycles. The molecule has 0 saturated carbocycles. The Morgan fingerprint density at radius 2 is 2.09 bits per heavy atom. The Morgan fingerprint density at radius 3 is 2.82 bits per heavy atom. The summed E-state index contributed by atoms with van der Waals surface area (Å²) in [4.78, 5) is 22.6. The Hall–Kier alpha value is -2.30. The number of hydrogen-bond acceptors (Lipinski definition) is 8. The van der Waals surface area contributed by atoms with E-state index in [2.05, 4.69) is 15.0 Å². The van der Waals surface area contributed by atoms with E-state index in [1.165, 1.54) is 17.2 Å². The summed E-state index contributed by atoms with van der Waals surface area (Å²) in [5.74, 6) is -0.804. The number of fused-ring (bicyclic) bond motifs is 1. The molecule has 2 aromatic heterocycles. The average Bonchev–Trinajstić information content (AvgIpc) is 3.01. The Labute approximate surface area is 124 Å². The van der Waals surface area contributed by atoms with Crippen molar-refractivity contribution in [2.75, 3.05) is 5.73 Å². The van der Waals surface area contributed by atoms with Gasteiger partial charge in [-0.1, -0.05) is 0 Å². The third kappa shape index (κ3) is 2.36. The molecule has 0 aromatic carbocycles. The van der Waals surface area contributed by atoms with E-state index in [0.717, 1.165) is 0 Å². The average molecular weight is 309 g/mol. The molecule has 4 atom stereocenters. The summed E-state index contributed by atoms with van der Waals surface area (Å²) in [5.41, 5.74) is 6.42. The summed E-state index contributed by atoms with van der Waals surface area (Å²) in [6.45, 7) is 0. The highest BCUT2D eigenvalue weighted by molar-refractivity contribution is 5.81. The second-order valence-electron chi connectivity index (χ2n) is 5.06. The maximum absolute atomic E-state index is 10.6. The zero-order valence-corrected chi connectivity index (χ0v) is 11.4. The molecule has 0 amide bonds. The van der Waals surface area contributed by atoms with Crippen LogP contribution in [0.1, 0.15) is 19.1 Å². The van der Waals surface area contributed by atoms with Crippen molar-refractivity contribution >= 4 is 23.0 Å². The molecule has 1 fully saturated rings. The van der Waals surface area contributed by atoms with Crippen LogP contribution < -0.4 is 5.73 Å². The SMILES string of the molecule is Nc1ncnc2c1ncn2[C@@H]1O[C@H](CCC(=O)O)[C@@H](O)[C@H]1O. The lowest BCUT2D eigenvalue weighted by Crippen LogP contribution is -2.31. The number of aromatic nitrogens is 4. The van der Waals surface area contributed by atoms with Gasteiger partial charge in [-0.05, 0) is 6.42 Å². The number of carbonyl (C=O) groups is 1. The number of aliphatic hydroxyl groups excluding tert-OH is 2. The minimum Gasteiger partial charge on any atom is -0.481 e. The molecule has 1 aliphatic heterocycles. The first kappa shape index (κ1) is 14.6. The molecule has 0 radical (unpaired) electrons. The molecule has 10 heteroatoms. The van der Waals surface area contributed by atoms with Crippen molar-refractivity contribution in [1.82, 2.24) is 19.5 Å². The van der Waals surface area contributed by atoms with Gasteiger partial charge in [0.1, 0.15) is 24.1 Å². The van der Waals surface area contributed by atoms with E-state index in [4.69, 9.17) is 15.6 Å². The Balaban J connectivity index is 1.87. The first-order valence-electron chi connectivity index (χ1n) is 6.65. The second-order valence-corrected chi connectivity index (χ2v) is 5.06. The van der Waals surface area contributed by atoms with Crippen LogP contribution in [0.15, 0.2) is 12.7 Å². The van der Waals surface area contributed by atoms with Crippen molar-refractivity contribution in [3.05, 3.63) is 12.7 Å². The van der Waals surface area contributed by atoms with Crippen LogP contribution in [0.3, 0.4) is 0 Å². The largest absolute Gasteiger partial charge is 0.481 e. The Morgan fingerprint density at radius 1 is 1.32 bits per heavy atom. The second kappa shape index (κ2) is 5.48. The van der Waals surface area contributed by atoms with Gasteiger partial charge in [0.05, 0.1) is 12.4 Å². The highest BCUT2D eigenvalue weighted by Gasteiger charge is 2.44. The summed E-state index contributed by atoms with van der Waals surface area (Å²) in [5, 5.41) is 28.9. The van der Waals surface area contributed by atoms with Crippen LogP contribution in [0, 0.1) is 0 Å². The van der Waals surface area contributed by atoms with Crippen molar-refractivity contribution in [1.29, 1.82) is 0 Å². The first-order valence-corrected chi connectivity index (χ1v) is 6.65. The number of anilines is 1. The number of imidazole rings is 1. The number of nitrogens with zero attached hydrogens (tertiary/aromatic N) is 4. The highest BCUT2D eigenvalue weighted by Crippen LogP contribution is 2.33. The van der Waals surface area contributed by atoms with Gasteiger partial charge in [-0.2, -0.15) is 0 Å². The molecule has 0 unspecified atom stereocenters. The molecule has 10 nitrogen and oxygen atoms in total. The van der Waals surface area contributed by atoms with Crippen LogP contribution in [-0.2, 0) is 9.53 Å². The van der Waals surface area contributed by atoms with Gasteiger partial charge in [0.2, 0.25) is 0 Å². The van der Waals surface area contributed by atoms with Crippen molar-refractivity contribution in [3.63, 3.8) is 0 Å². The maximum atomic E-state index is 10.6. The lowest BCUT2D eigenvalue weighted by molar-refractivity contribution is -0.138. The number of ether oxygens (including phenoxy) is 1. The molecule has 3 heterocycles. The number of carboxylic acids is 1. The van der Waals surface area contributed by atoms with E-state index in [1.54, 1.807) is 0 Å². The van der Waals surface area contributed by atoms with Crippen molar-refractivity contribution < 1.29 is 24.9 Å². The molecule has 2 aromatic rings. The maximum Gasteiger partial charge on any atom is 0.303 e. The van der Waals surface area contributed by atoms with E-state index in [9.17, 15) is 15.0 Å². The molecule has 0 spiro atoms. The lowest BCUT2D eigenvalue weighted by atomic mass is 10.1. The number of carboxylic acid groups (broad SMARTS) is 1. The van der Waals surface area contributed by atoms with Crippen LogP contribution in [-0.4, -0.2) is 59.1 Å². The number of nitrogen functional groups attached to an aromatic ring is 1. The van der Waals surface area contributed by atoms with E-state index in [-0.39, 0.29) is 18.7 Å². The van der Waals surface area contributed by atoms with Crippen LogP contribution >= 0.6 is 0 Å². The molecule has 5 N–H and O–H groups in total. The smallest absolute Gasteiger partial charge is 0.303 e. The van der Waals surface area contributed by atoms with E-state index in [0.29, 0.717) is 11.2 Å². The van der Waals surface area contributed by atoms with Gasteiger partial charge in [-0.15, -0.1) is 0 Å². The van der Waals surface area contributed by atoms with Gasteiger partial charge in [0, 0.05) is 6.42 Å². The molecule has 118 valence electrons. The number of aliphatic hydroxyl groups is 2. The molecule has 0 bridgehead atoms. The van der Waals surface area contributed by atoms with Gasteiger partial charge < -0.3 is 25.8 Å². The van der Waals surface area contributed by atoms with Crippen molar-refractivity contribution in [3.8, 4) is 0 Å². The normalized spacial score (nSPS) is 28.3. The van der Waals surface area contributed by atoms with Gasteiger partial charge >= 0.3 is 5.97 Å². The Bertz CT molecular complexity index is 704. The summed E-state index contributed by atoms with van der Waals surface area (Å²) in [6, 6.07) is 0. The monoisotopic (exact) mass is 309 g/mol. The first-order chi connectivity index (χ1) is 10.5. The third-order valence-corrected chi connectivity index (χ3v) is 3.64. The zero-order valence-electron chi connectivity index (χ0n) is 11.4. The predicted octanol–water partition coefficient (Wildman–Crippen LogP) is -1.11. The van der Waals surface area contributed by atoms with E-state index < -0.39 is 30.5 Å². The van der Waals surface area contributed by atoms with Crippen LogP contribution in [0.5, 0.6) is 0 Å². The van der Waals surface area contributed by atoms with Gasteiger partial charge in [0.15, 0.2) is 17.7 Å². The molecule has 3 rings (SSSR count). The Kier molecular flexibility index (Phi) is 3.64. The van der Waals surface area contributed by atoms with Gasteiger partial charge in [-0.3, -0.25) is 9.36 Å². The van der Waals surface area contributed by atoms with Crippen LogP contribution in [0.4, 0.5) is 5.82 Å². The van der Waals surface area contributed by atoms with Crippen molar-refractivity contribution in [2.24, 2.45) is 0 Å². The molecule has 22 heavy (non-hydrogen) atoms. The summed E-state index contributed by atoms with van der Waals surface area (Å²) in [6.07, 6.45) is -1.56. The van der Waals surface area contributed by atoms with Crippen LogP contribution in [0.2, 0.25) is 0 Å². The minimum atomic E-state index is -1.23. The number of hydrogen-bond donors (Lipinski definition) is 4. The minimum absolute atomic E-state index is 0.0911. The fourth-order valence-corrected chi connectivity index (χ4v) is 2.52. The summed E-state index contributed by atoms with van der Waals surface area (Å²) in [7, 11) is 0. The standard InChI is InChI=1S/C12H15N5O5/c13-10-7-11(15-3-14-10)17(4-16-7)12-9(21)8(20)5(22-12)1-2-6(18)19/h3-5,8-9,12,20-21H,1-2H2,(H,18,19)(H2,13,14,15)/t5-,8-,9-,12-/m1/s1. The fourth-order valence-electron chi connectivity index (χ4n) is 2.52. The highest BCUT2D eigenvalue weighted by atomic mass is 16.6. The molecular weight excluding hydrogens is 294 g/mol. The summed E-state index contributed by atoms with van der Waals surface area (Å²) >= 11 is 0. The lowest BCUT2D eigenvalue weighted by Gasteiger charge is -2.16. The number of rotatable bonds is 4. The molecular formula is C12H15N5O5. The van der Waals surface area contributed by atoms with E-state index in [1.807, 2.05) is 0 Å².